The van der Waals surface area contributed by atoms with Crippen LogP contribution in [0.25, 0.3) is 0 Å². The Labute approximate surface area is 53.7 Å². The summed E-state index contributed by atoms with van der Waals surface area (Å²) in [5, 5.41) is 8.37. The summed E-state index contributed by atoms with van der Waals surface area (Å²) in [6.45, 7) is 3.97. The molecule has 0 saturated heterocycles. The Kier molecular flexibility index (Phi) is 2.18. The molecule has 0 aromatic carbocycles. The highest BCUT2D eigenvalue weighted by atomic mass is 19.1. The fraction of sp³-hybridized carbons (Fsp3) is 0.833. The summed E-state index contributed by atoms with van der Waals surface area (Å²) >= 11 is 0. The van der Waals surface area contributed by atoms with Crippen LogP contribution in [0.4, 0.5) is 4.39 Å². The quantitative estimate of drug-likeness (QED) is 0.620. The van der Waals surface area contributed by atoms with Gasteiger partial charge in [0.25, 0.3) is 0 Å². The van der Waals surface area contributed by atoms with E-state index in [9.17, 15) is 9.18 Å². The van der Waals surface area contributed by atoms with E-state index < -0.39 is 17.6 Å². The molecule has 0 rings (SSSR count). The van der Waals surface area contributed by atoms with Crippen molar-refractivity contribution in [3.8, 4) is 0 Å². The van der Waals surface area contributed by atoms with Crippen LogP contribution >= 0.6 is 0 Å². The first-order valence-corrected chi connectivity index (χ1v) is 2.76. The van der Waals surface area contributed by atoms with Crippen LogP contribution in [0.1, 0.15) is 20.8 Å². The van der Waals surface area contributed by atoms with Gasteiger partial charge in [0, 0.05) is 0 Å². The van der Waals surface area contributed by atoms with E-state index in [-0.39, 0.29) is 0 Å². The Morgan fingerprint density at radius 1 is 1.67 bits per heavy atom. The number of hydrogen-bond acceptors (Lipinski definition) is 1. The second kappa shape index (κ2) is 2.33. The van der Waals surface area contributed by atoms with E-state index in [0.717, 1.165) is 0 Å². The van der Waals surface area contributed by atoms with Crippen molar-refractivity contribution in [1.82, 2.24) is 0 Å². The predicted molar refractivity (Wildman–Crippen MR) is 32.0 cm³/mol. The maximum atomic E-state index is 12.3. The molecule has 0 fully saturated rings. The Morgan fingerprint density at radius 2 is 2.00 bits per heavy atom. The molecule has 0 heterocycles. The molecule has 1 atom stereocenters. The van der Waals surface area contributed by atoms with Crippen molar-refractivity contribution >= 4 is 5.97 Å². The molecule has 1 unspecified atom stereocenters. The van der Waals surface area contributed by atoms with Crippen molar-refractivity contribution in [2.24, 2.45) is 5.41 Å². The largest absolute Gasteiger partial charge is 0.481 e. The third-order valence-electron chi connectivity index (χ3n) is 1.55. The number of rotatable bonds is 2. The van der Waals surface area contributed by atoms with Gasteiger partial charge in [-0.05, 0) is 20.8 Å². The number of aliphatic carboxylic acids is 1. The molecular weight excluding hydrogens is 123 g/mol. The van der Waals surface area contributed by atoms with Crippen LogP contribution in [-0.4, -0.2) is 17.2 Å². The zero-order chi connectivity index (χ0) is 7.65. The Bertz CT molecular complexity index is 118. The fourth-order valence-electron chi connectivity index (χ4n) is 0.170. The van der Waals surface area contributed by atoms with Crippen molar-refractivity contribution in [2.45, 2.75) is 26.9 Å². The molecule has 0 spiro atoms. The topological polar surface area (TPSA) is 37.3 Å². The van der Waals surface area contributed by atoms with Crippen molar-refractivity contribution in [2.75, 3.05) is 0 Å². The van der Waals surface area contributed by atoms with Gasteiger partial charge in [0.2, 0.25) is 0 Å². The van der Waals surface area contributed by atoms with Crippen molar-refractivity contribution in [3.05, 3.63) is 0 Å². The molecule has 1 N–H and O–H groups in total. The van der Waals surface area contributed by atoms with E-state index in [2.05, 4.69) is 0 Å². The lowest BCUT2D eigenvalue weighted by atomic mass is 9.89. The van der Waals surface area contributed by atoms with Gasteiger partial charge >= 0.3 is 5.97 Å². The summed E-state index contributed by atoms with van der Waals surface area (Å²) in [6, 6.07) is 0. The molecule has 3 heteroatoms. The lowest BCUT2D eigenvalue weighted by Crippen LogP contribution is -2.32. The number of carboxylic acid groups (broad SMARTS) is 1. The number of alkyl halides is 1. The maximum absolute atomic E-state index is 12.3. The Balaban J connectivity index is 4.19. The highest BCUT2D eigenvalue weighted by Gasteiger charge is 2.33. The highest BCUT2D eigenvalue weighted by Crippen LogP contribution is 2.22. The van der Waals surface area contributed by atoms with E-state index >= 15 is 0 Å². The van der Waals surface area contributed by atoms with Gasteiger partial charge in [0.1, 0.15) is 6.17 Å². The molecule has 2 nitrogen and oxygen atoms in total. The second-order valence-electron chi connectivity index (χ2n) is 2.64. The fourth-order valence-corrected chi connectivity index (χ4v) is 0.170. The molecule has 0 radical (unpaired) electrons. The van der Waals surface area contributed by atoms with Crippen molar-refractivity contribution in [3.63, 3.8) is 0 Å². The number of carbonyl (C=O) groups is 1. The van der Waals surface area contributed by atoms with Gasteiger partial charge in [-0.2, -0.15) is 0 Å². The summed E-state index contributed by atoms with van der Waals surface area (Å²) in [5.74, 6) is -1.10. The number of halogens is 1. The highest BCUT2D eigenvalue weighted by molar-refractivity contribution is 5.74. The first-order valence-electron chi connectivity index (χ1n) is 2.76. The zero-order valence-corrected chi connectivity index (χ0v) is 5.81. The Morgan fingerprint density at radius 3 is 2.00 bits per heavy atom. The summed E-state index contributed by atoms with van der Waals surface area (Å²) < 4.78 is 12.3. The van der Waals surface area contributed by atoms with Crippen LogP contribution < -0.4 is 0 Å². The summed E-state index contributed by atoms with van der Waals surface area (Å²) in [6.07, 6.45) is -1.31. The number of carboxylic acids is 1. The summed E-state index contributed by atoms with van der Waals surface area (Å²) in [4.78, 5) is 10.2. The van der Waals surface area contributed by atoms with Crippen molar-refractivity contribution < 1.29 is 14.3 Å². The van der Waals surface area contributed by atoms with E-state index in [1.165, 1.54) is 20.8 Å². The Hall–Kier alpha value is -0.600. The minimum absolute atomic E-state index is 1.10. The van der Waals surface area contributed by atoms with Gasteiger partial charge in [-0.15, -0.1) is 0 Å². The normalized spacial score (nSPS) is 15.1. The lowest BCUT2D eigenvalue weighted by molar-refractivity contribution is -0.150. The molecule has 9 heavy (non-hydrogen) atoms. The lowest BCUT2D eigenvalue weighted by Gasteiger charge is -2.19. The standard InChI is InChI=1S/C6H11FO2/c1-4(7)6(2,3)5(8)9/h4H,1-3H3,(H,8,9). The van der Waals surface area contributed by atoms with Gasteiger partial charge in [0.15, 0.2) is 0 Å². The van der Waals surface area contributed by atoms with Gasteiger partial charge in [0.05, 0.1) is 5.41 Å². The van der Waals surface area contributed by atoms with E-state index in [1.807, 2.05) is 0 Å². The molecule has 0 amide bonds. The summed E-state index contributed by atoms with van der Waals surface area (Å²) in [5.41, 5.74) is -1.25. The minimum Gasteiger partial charge on any atom is -0.481 e. The summed E-state index contributed by atoms with van der Waals surface area (Å²) in [7, 11) is 0. The molecule has 0 aromatic heterocycles. The van der Waals surface area contributed by atoms with Crippen LogP contribution in [0.15, 0.2) is 0 Å². The molecule has 0 aliphatic carbocycles. The predicted octanol–water partition coefficient (Wildman–Crippen LogP) is 1.46. The van der Waals surface area contributed by atoms with Crippen LogP contribution in [0.5, 0.6) is 0 Å². The second-order valence-corrected chi connectivity index (χ2v) is 2.64. The SMILES string of the molecule is CC(F)C(C)(C)C(=O)O. The first-order chi connectivity index (χ1) is 3.89. The van der Waals surface area contributed by atoms with E-state index in [0.29, 0.717) is 0 Å². The van der Waals surface area contributed by atoms with Gasteiger partial charge in [-0.3, -0.25) is 4.79 Å². The third kappa shape index (κ3) is 1.66. The van der Waals surface area contributed by atoms with Crippen LogP contribution in [0.2, 0.25) is 0 Å². The van der Waals surface area contributed by atoms with Crippen LogP contribution in [-0.2, 0) is 4.79 Å². The first kappa shape index (κ1) is 8.40. The number of hydrogen-bond donors (Lipinski definition) is 1. The van der Waals surface area contributed by atoms with Crippen molar-refractivity contribution in [1.29, 1.82) is 0 Å². The van der Waals surface area contributed by atoms with E-state index in [4.69, 9.17) is 5.11 Å². The van der Waals surface area contributed by atoms with Gasteiger partial charge in [-0.1, -0.05) is 0 Å². The average Bonchev–Trinajstić information content (AvgIpc) is 1.65. The van der Waals surface area contributed by atoms with Gasteiger partial charge in [-0.25, -0.2) is 4.39 Å². The smallest absolute Gasteiger partial charge is 0.312 e. The molecule has 0 aliphatic rings. The van der Waals surface area contributed by atoms with Gasteiger partial charge < -0.3 is 5.11 Å². The third-order valence-corrected chi connectivity index (χ3v) is 1.55. The zero-order valence-electron chi connectivity index (χ0n) is 5.81. The van der Waals surface area contributed by atoms with Crippen LogP contribution in [0, 0.1) is 5.41 Å². The molecule has 0 aromatic rings. The minimum atomic E-state index is -1.31. The van der Waals surface area contributed by atoms with E-state index in [1.54, 1.807) is 0 Å². The van der Waals surface area contributed by atoms with Crippen LogP contribution in [0.3, 0.4) is 0 Å². The average molecular weight is 134 g/mol. The monoisotopic (exact) mass is 134 g/mol. The molecule has 54 valence electrons. The molecule has 0 saturated carbocycles. The maximum Gasteiger partial charge on any atom is 0.312 e. The molecule has 0 aliphatic heterocycles. The molecule has 0 bridgehead atoms. The molecular formula is C6H11FO2.